The van der Waals surface area contributed by atoms with Gasteiger partial charge in [-0.2, -0.15) is 0 Å². The molecule has 0 saturated heterocycles. The first-order valence-electron chi connectivity index (χ1n) is 19.0. The number of aromatic carboxylic acids is 1. The summed E-state index contributed by atoms with van der Waals surface area (Å²) >= 11 is 5.44. The molecule has 8 rings (SSSR count). The van der Waals surface area contributed by atoms with Crippen LogP contribution in [0.2, 0.25) is 0 Å². The number of phenolic OH excluding ortho intramolecular Hbond substituents is 2. The largest absolute Gasteiger partial charge is 0.508 e. The lowest BCUT2D eigenvalue weighted by atomic mass is 9.55. The molecule has 1 heterocycles. The Morgan fingerprint density at radius 1 is 0.930 bits per heavy atom. The minimum Gasteiger partial charge on any atom is -0.508 e. The van der Waals surface area contributed by atoms with E-state index in [0.29, 0.717) is 51.7 Å². The van der Waals surface area contributed by atoms with E-state index in [1.54, 1.807) is 36.4 Å². The van der Waals surface area contributed by atoms with Crippen LogP contribution in [0.5, 0.6) is 11.5 Å². The van der Waals surface area contributed by atoms with E-state index in [0.717, 1.165) is 36.8 Å². The van der Waals surface area contributed by atoms with Gasteiger partial charge in [-0.3, -0.25) is 9.59 Å². The molecule has 0 radical (unpaired) electrons. The average molecular weight is 791 g/mol. The highest BCUT2D eigenvalue weighted by atomic mass is 32.1. The number of hydrogen-bond donors (Lipinski definition) is 7. The predicted octanol–water partition coefficient (Wildman–Crippen LogP) is 6.17. The lowest BCUT2D eigenvalue weighted by Gasteiger charge is -2.50. The van der Waals surface area contributed by atoms with Crippen LogP contribution < -0.4 is 21.4 Å². The van der Waals surface area contributed by atoms with Gasteiger partial charge in [0, 0.05) is 53.0 Å². The van der Waals surface area contributed by atoms with Gasteiger partial charge in [-0.25, -0.2) is 4.79 Å². The van der Waals surface area contributed by atoms with Crippen LogP contribution in [0.15, 0.2) is 87.2 Å². The molecule has 2 fully saturated rings. The number of fused-ring (bicyclic) bond motifs is 7. The average Bonchev–Trinajstić information content (AvgIpc) is 3.49. The van der Waals surface area contributed by atoms with Gasteiger partial charge in [0.1, 0.15) is 22.8 Å². The second-order valence-electron chi connectivity index (χ2n) is 15.4. The molecular formula is C43H42N4O9S. The van der Waals surface area contributed by atoms with Gasteiger partial charge in [0.05, 0.1) is 17.4 Å². The zero-order chi connectivity index (χ0) is 40.0. The van der Waals surface area contributed by atoms with E-state index in [1.165, 1.54) is 30.3 Å². The van der Waals surface area contributed by atoms with Crippen LogP contribution in [0.1, 0.15) is 66.4 Å². The number of nitrogens with one attached hydrogen (secondary N) is 3. The minimum absolute atomic E-state index is 0.0328. The number of benzene rings is 4. The van der Waals surface area contributed by atoms with Crippen LogP contribution in [0.3, 0.4) is 0 Å². The monoisotopic (exact) mass is 790 g/mol. The summed E-state index contributed by atoms with van der Waals surface area (Å²) in [6, 6.07) is 19.0. The highest BCUT2D eigenvalue weighted by molar-refractivity contribution is 7.80. The van der Waals surface area contributed by atoms with Crippen molar-refractivity contribution in [2.45, 2.75) is 51.0 Å². The fraction of sp³-hybridized carbons (Fsp3) is 0.326. The maximum Gasteiger partial charge on any atom is 0.336 e. The number of carboxylic acid groups (broad SMARTS) is 1. The third-order valence-electron chi connectivity index (χ3n) is 12.1. The van der Waals surface area contributed by atoms with Crippen molar-refractivity contribution in [3.8, 4) is 33.9 Å². The fourth-order valence-electron chi connectivity index (χ4n) is 9.41. The van der Waals surface area contributed by atoms with Gasteiger partial charge in [0.15, 0.2) is 17.1 Å². The summed E-state index contributed by atoms with van der Waals surface area (Å²) in [6.07, 6.45) is 4.02. The quantitative estimate of drug-likeness (QED) is 0.0388. The molecule has 3 aromatic carbocycles. The zero-order valence-corrected chi connectivity index (χ0v) is 31.9. The van der Waals surface area contributed by atoms with E-state index in [1.807, 2.05) is 6.07 Å². The summed E-state index contributed by atoms with van der Waals surface area (Å²) in [6.45, 7) is 2.37. The van der Waals surface area contributed by atoms with Gasteiger partial charge in [-0.1, -0.05) is 24.2 Å². The van der Waals surface area contributed by atoms with E-state index in [9.17, 15) is 34.8 Å². The molecule has 14 heteroatoms. The fourth-order valence-corrected chi connectivity index (χ4v) is 9.63. The molecule has 0 spiro atoms. The van der Waals surface area contributed by atoms with Gasteiger partial charge < -0.3 is 45.6 Å². The molecule has 3 aromatic rings. The molecule has 0 bridgehead atoms. The Labute approximate surface area is 332 Å². The Kier molecular flexibility index (Phi) is 10.1. The molecule has 4 aliphatic carbocycles. The zero-order valence-electron chi connectivity index (χ0n) is 31.1. The number of thiocarbonyl (C=S) groups is 1. The number of carboxylic acids is 1. The molecule has 5 aliphatic rings. The Morgan fingerprint density at radius 3 is 2.53 bits per heavy atom. The third-order valence-corrected chi connectivity index (χ3v) is 12.4. The first-order valence-corrected chi connectivity index (χ1v) is 19.4. The molecule has 57 heavy (non-hydrogen) atoms. The summed E-state index contributed by atoms with van der Waals surface area (Å²) in [5, 5.41) is 55.4. The van der Waals surface area contributed by atoms with Gasteiger partial charge in [-0.05, 0) is 127 Å². The van der Waals surface area contributed by atoms with Crippen molar-refractivity contribution < 1.29 is 39.3 Å². The van der Waals surface area contributed by atoms with Crippen LogP contribution in [-0.2, 0) is 9.63 Å². The molecule has 1 aliphatic heterocycles. The number of oxime groups is 1. The first-order chi connectivity index (χ1) is 27.4. The second kappa shape index (κ2) is 15.2. The molecule has 294 valence electrons. The normalized spacial score (nSPS) is 23.0. The number of amides is 1. The Bertz CT molecular complexity index is 2480. The van der Waals surface area contributed by atoms with E-state index in [2.05, 4.69) is 28.0 Å². The standard InChI is InChI=1S/C43H42N4O9S/c1-43-13-12-27-26-7-3-23(48)17-32(26)35(20-31(27)34(43)10-11-38(43)51)47-55-21-39(52)44-14-15-45-42(57)46-22-2-6-28(33(16-22)41(53)54)40-29-8-4-24(49)18-36(29)56-37-19-25(50)5-9-30(37)40/h2-9,16-19,27,31,34,38,48-49,51H,10-15,20-21H2,1H3,(H,44,52)(H,53,54)(H2,45,46,57)/b47-35+/t27-,31-,34+,38?,43+/m1/s1. The number of rotatable bonds is 9. The van der Waals surface area contributed by atoms with Crippen molar-refractivity contribution in [3.05, 3.63) is 99.7 Å². The molecule has 13 nitrogen and oxygen atoms in total. The number of carbonyl (C=O) groups excluding carboxylic acids is 1. The summed E-state index contributed by atoms with van der Waals surface area (Å²) in [4.78, 5) is 42.9. The third kappa shape index (κ3) is 7.26. The van der Waals surface area contributed by atoms with Crippen molar-refractivity contribution in [3.63, 3.8) is 0 Å². The van der Waals surface area contributed by atoms with E-state index >= 15 is 0 Å². The number of nitrogens with zero attached hydrogens (tertiary/aromatic N) is 1. The summed E-state index contributed by atoms with van der Waals surface area (Å²) in [5.74, 6) is -0.267. The predicted molar refractivity (Wildman–Crippen MR) is 218 cm³/mol. The highest BCUT2D eigenvalue weighted by Gasteiger charge is 2.55. The number of phenols is 2. The molecule has 7 N–H and O–H groups in total. The van der Waals surface area contributed by atoms with E-state index in [-0.39, 0.29) is 82.0 Å². The van der Waals surface area contributed by atoms with Crippen LogP contribution in [-0.4, -0.2) is 68.9 Å². The Hall–Kier alpha value is -5.99. The smallest absolute Gasteiger partial charge is 0.336 e. The van der Waals surface area contributed by atoms with Crippen molar-refractivity contribution in [1.82, 2.24) is 10.6 Å². The number of aromatic hydroxyl groups is 2. The van der Waals surface area contributed by atoms with Crippen LogP contribution in [0, 0.1) is 17.3 Å². The van der Waals surface area contributed by atoms with E-state index in [4.69, 9.17) is 21.5 Å². The minimum atomic E-state index is -1.19. The molecule has 2 saturated carbocycles. The Balaban J connectivity index is 0.879. The van der Waals surface area contributed by atoms with Crippen molar-refractivity contribution in [1.29, 1.82) is 0 Å². The number of aliphatic hydroxyl groups is 1. The highest BCUT2D eigenvalue weighted by Crippen LogP contribution is 2.61. The van der Waals surface area contributed by atoms with Gasteiger partial charge in [0.25, 0.3) is 5.91 Å². The maximum absolute atomic E-state index is 12.7. The lowest BCUT2D eigenvalue weighted by molar-refractivity contribution is -0.125. The second-order valence-corrected chi connectivity index (χ2v) is 15.8. The van der Waals surface area contributed by atoms with Crippen LogP contribution in [0.4, 0.5) is 5.69 Å². The van der Waals surface area contributed by atoms with Crippen molar-refractivity contribution in [2.24, 2.45) is 22.4 Å². The number of carbonyl (C=O) groups is 2. The van der Waals surface area contributed by atoms with Gasteiger partial charge >= 0.3 is 5.97 Å². The SMILES string of the molecule is C[C@]12CC[C@@H]3c4ccc(O)cc4/C(=N/OCC(=O)NCCNC(=S)Nc4ccc(-c5c6ccc(=O)cc-6oc6cc(O)ccc56)c(C(=O)O)c4)C[C@H]3[C@@H]1CCC2O. The summed E-state index contributed by atoms with van der Waals surface area (Å²) < 4.78 is 5.90. The lowest BCUT2D eigenvalue weighted by Crippen LogP contribution is -2.45. The van der Waals surface area contributed by atoms with Crippen LogP contribution in [0.25, 0.3) is 33.4 Å². The molecule has 5 atom stereocenters. The first kappa shape index (κ1) is 37.9. The summed E-state index contributed by atoms with van der Waals surface area (Å²) in [7, 11) is 0. The van der Waals surface area contributed by atoms with E-state index < -0.39 is 5.97 Å². The molecule has 1 amide bonds. The molecule has 1 unspecified atom stereocenters. The van der Waals surface area contributed by atoms with Gasteiger partial charge in [-0.15, -0.1) is 0 Å². The molecular weight excluding hydrogens is 749 g/mol. The maximum atomic E-state index is 12.7. The number of hydrogen-bond acceptors (Lipinski definition) is 10. The Morgan fingerprint density at radius 2 is 1.70 bits per heavy atom. The van der Waals surface area contributed by atoms with Crippen molar-refractivity contribution >= 4 is 51.6 Å². The van der Waals surface area contributed by atoms with Gasteiger partial charge in [0.2, 0.25) is 0 Å². The number of aliphatic hydroxyl groups excluding tert-OH is 1. The molecule has 0 aromatic heterocycles. The van der Waals surface area contributed by atoms with Crippen molar-refractivity contribution in [2.75, 3.05) is 25.0 Å². The number of anilines is 1. The summed E-state index contributed by atoms with van der Waals surface area (Å²) in [5.41, 5.74) is 4.35. The topological polar surface area (TPSA) is 203 Å². The van der Waals surface area contributed by atoms with Crippen LogP contribution >= 0.6 is 12.2 Å².